The highest BCUT2D eigenvalue weighted by Gasteiger charge is 2.63. The molecule has 0 aromatic carbocycles. The number of carboxylic acids is 1. The molecule has 0 radical (unpaired) electrons. The Balaban J connectivity index is 1.66. The zero-order valence-corrected chi connectivity index (χ0v) is 17.7. The van der Waals surface area contributed by atoms with Gasteiger partial charge in [-0.15, -0.1) is 0 Å². The van der Waals surface area contributed by atoms with Crippen molar-refractivity contribution in [3.8, 4) is 0 Å². The van der Waals surface area contributed by atoms with Crippen molar-refractivity contribution in [1.29, 1.82) is 0 Å². The van der Waals surface area contributed by atoms with Gasteiger partial charge in [-0.3, -0.25) is 9.59 Å². The highest BCUT2D eigenvalue weighted by Crippen LogP contribution is 2.70. The highest BCUT2D eigenvalue weighted by molar-refractivity contribution is 5.99. The van der Waals surface area contributed by atoms with Gasteiger partial charge in [-0.1, -0.05) is 33.3 Å². The summed E-state index contributed by atoms with van der Waals surface area (Å²) in [4.78, 5) is 23.9. The Morgan fingerprint density at radius 1 is 1.07 bits per heavy atom. The molecule has 4 aliphatic carbocycles. The van der Waals surface area contributed by atoms with Crippen molar-refractivity contribution in [2.75, 3.05) is 6.61 Å². The Hall–Kier alpha value is -1.16. The minimum absolute atomic E-state index is 0.0299. The molecule has 0 bridgehead atoms. The highest BCUT2D eigenvalue weighted by atomic mass is 16.4. The normalized spacial score (nSPS) is 48.1. The molecule has 4 aliphatic rings. The molecule has 0 spiro atoms. The van der Waals surface area contributed by atoms with Crippen LogP contribution in [0, 0.1) is 39.9 Å². The summed E-state index contributed by atoms with van der Waals surface area (Å²) in [6.07, 6.45) is 10.5. The summed E-state index contributed by atoms with van der Waals surface area (Å²) < 4.78 is 0. The smallest absolute Gasteiger partial charge is 0.307 e. The number of hydrogen-bond acceptors (Lipinski definition) is 3. The van der Waals surface area contributed by atoms with Crippen molar-refractivity contribution >= 4 is 11.8 Å². The average molecular weight is 389 g/mol. The topological polar surface area (TPSA) is 74.6 Å². The van der Waals surface area contributed by atoms with Gasteiger partial charge in [0.15, 0.2) is 5.78 Å². The van der Waals surface area contributed by atoms with Crippen LogP contribution in [0.15, 0.2) is 11.6 Å². The van der Waals surface area contributed by atoms with Crippen molar-refractivity contribution in [3.05, 3.63) is 11.6 Å². The van der Waals surface area contributed by atoms with Crippen LogP contribution in [0.4, 0.5) is 0 Å². The van der Waals surface area contributed by atoms with E-state index < -0.39 is 5.97 Å². The van der Waals surface area contributed by atoms with Gasteiger partial charge in [0.25, 0.3) is 0 Å². The van der Waals surface area contributed by atoms with Crippen molar-refractivity contribution < 1.29 is 19.8 Å². The van der Waals surface area contributed by atoms with Crippen LogP contribution >= 0.6 is 0 Å². The standard InChI is InChI=1S/C24H36O4/c1-22(14-25)8-4-9-24(3)19(22)7-10-23(2)17-13-18(26)16(12-21(27)28)11-15(17)5-6-20(23)24/h11,15,17,19-20,25H,4-10,12-14H2,1-3H3,(H,27,28). The first-order valence-electron chi connectivity index (χ1n) is 11.2. The van der Waals surface area contributed by atoms with Crippen LogP contribution in [0.3, 0.4) is 0 Å². The van der Waals surface area contributed by atoms with Crippen LogP contribution in [0.5, 0.6) is 0 Å². The molecule has 0 amide bonds. The van der Waals surface area contributed by atoms with Gasteiger partial charge in [0.2, 0.25) is 0 Å². The third kappa shape index (κ3) is 2.81. The molecule has 7 unspecified atom stereocenters. The molecule has 0 aromatic rings. The Bertz CT molecular complexity index is 711. The van der Waals surface area contributed by atoms with E-state index >= 15 is 0 Å². The summed E-state index contributed by atoms with van der Waals surface area (Å²) in [6, 6.07) is 0. The lowest BCUT2D eigenvalue weighted by Crippen LogP contribution is -2.60. The fourth-order valence-electron chi connectivity index (χ4n) is 8.42. The molecule has 0 aliphatic heterocycles. The Labute approximate surface area is 168 Å². The van der Waals surface area contributed by atoms with Crippen LogP contribution in [-0.2, 0) is 9.59 Å². The van der Waals surface area contributed by atoms with Crippen LogP contribution in [-0.4, -0.2) is 28.6 Å². The number of carboxylic acid groups (broad SMARTS) is 1. The Kier molecular flexibility index (Phi) is 4.80. The zero-order chi connectivity index (χ0) is 20.3. The first kappa shape index (κ1) is 20.1. The first-order valence-corrected chi connectivity index (χ1v) is 11.2. The molecule has 0 heterocycles. The van der Waals surface area contributed by atoms with E-state index in [9.17, 15) is 14.7 Å². The largest absolute Gasteiger partial charge is 0.481 e. The molecule has 3 saturated carbocycles. The second-order valence-electron chi connectivity index (χ2n) is 11.1. The fourth-order valence-corrected chi connectivity index (χ4v) is 8.42. The molecular formula is C24H36O4. The summed E-state index contributed by atoms with van der Waals surface area (Å²) in [6.45, 7) is 7.46. The van der Waals surface area contributed by atoms with E-state index in [1.165, 1.54) is 12.8 Å². The van der Waals surface area contributed by atoms with Crippen molar-refractivity contribution in [2.24, 2.45) is 39.9 Å². The van der Waals surface area contributed by atoms with Gasteiger partial charge >= 0.3 is 5.97 Å². The van der Waals surface area contributed by atoms with E-state index in [1.54, 1.807) is 0 Å². The lowest BCUT2D eigenvalue weighted by molar-refractivity contribution is -0.183. The first-order chi connectivity index (χ1) is 13.1. The number of fused-ring (bicyclic) bond motifs is 5. The lowest BCUT2D eigenvalue weighted by atomic mass is 9.38. The molecule has 0 saturated heterocycles. The van der Waals surface area contributed by atoms with Gasteiger partial charge in [0.05, 0.1) is 6.42 Å². The van der Waals surface area contributed by atoms with Gasteiger partial charge in [0.1, 0.15) is 0 Å². The Morgan fingerprint density at radius 3 is 2.50 bits per heavy atom. The molecule has 28 heavy (non-hydrogen) atoms. The number of aliphatic carboxylic acids is 1. The summed E-state index contributed by atoms with van der Waals surface area (Å²) in [7, 11) is 0. The predicted molar refractivity (Wildman–Crippen MR) is 108 cm³/mol. The number of allylic oxidation sites excluding steroid dienone is 1. The van der Waals surface area contributed by atoms with Crippen LogP contribution in [0.1, 0.15) is 78.6 Å². The molecule has 0 aromatic heterocycles. The van der Waals surface area contributed by atoms with E-state index in [-0.39, 0.29) is 35.1 Å². The summed E-state index contributed by atoms with van der Waals surface area (Å²) in [5.74, 6) is 0.995. The van der Waals surface area contributed by atoms with Gasteiger partial charge in [-0.05, 0) is 78.4 Å². The maximum absolute atomic E-state index is 12.7. The Morgan fingerprint density at radius 2 is 1.82 bits per heavy atom. The number of aliphatic hydroxyl groups is 1. The molecule has 156 valence electrons. The second kappa shape index (κ2) is 6.68. The number of ketones is 1. The zero-order valence-electron chi connectivity index (χ0n) is 17.7. The van der Waals surface area contributed by atoms with Crippen LogP contribution < -0.4 is 0 Å². The lowest BCUT2D eigenvalue weighted by Gasteiger charge is -2.67. The number of rotatable bonds is 3. The number of carbonyl (C=O) groups excluding carboxylic acids is 1. The average Bonchev–Trinajstić information content (AvgIpc) is 2.62. The van der Waals surface area contributed by atoms with Crippen molar-refractivity contribution in [3.63, 3.8) is 0 Å². The summed E-state index contributed by atoms with van der Waals surface area (Å²) in [5, 5.41) is 19.3. The predicted octanol–water partition coefficient (Wildman–Crippen LogP) is 4.61. The van der Waals surface area contributed by atoms with E-state index in [1.807, 2.05) is 6.08 Å². The van der Waals surface area contributed by atoms with Crippen LogP contribution in [0.2, 0.25) is 0 Å². The maximum Gasteiger partial charge on any atom is 0.307 e. The van der Waals surface area contributed by atoms with Crippen LogP contribution in [0.25, 0.3) is 0 Å². The number of hydrogen-bond donors (Lipinski definition) is 2. The van der Waals surface area contributed by atoms with Crippen molar-refractivity contribution in [1.82, 2.24) is 0 Å². The molecule has 2 N–H and O–H groups in total. The molecule has 3 fully saturated rings. The van der Waals surface area contributed by atoms with E-state index in [0.29, 0.717) is 35.7 Å². The quantitative estimate of drug-likeness (QED) is 0.740. The van der Waals surface area contributed by atoms with E-state index in [2.05, 4.69) is 20.8 Å². The molecule has 4 rings (SSSR count). The third-order valence-corrected chi connectivity index (χ3v) is 9.70. The molecule has 7 atom stereocenters. The molecular weight excluding hydrogens is 352 g/mol. The minimum Gasteiger partial charge on any atom is -0.481 e. The maximum atomic E-state index is 12.7. The summed E-state index contributed by atoms with van der Waals surface area (Å²) in [5.41, 5.74) is 0.938. The fraction of sp³-hybridized carbons (Fsp3) is 0.833. The number of carbonyl (C=O) groups is 2. The minimum atomic E-state index is -0.906. The van der Waals surface area contributed by atoms with Gasteiger partial charge < -0.3 is 10.2 Å². The number of aliphatic hydroxyl groups excluding tert-OH is 1. The van der Waals surface area contributed by atoms with Gasteiger partial charge in [-0.2, -0.15) is 0 Å². The van der Waals surface area contributed by atoms with Crippen molar-refractivity contribution in [2.45, 2.75) is 78.6 Å². The monoisotopic (exact) mass is 388 g/mol. The second-order valence-corrected chi connectivity index (χ2v) is 11.1. The third-order valence-electron chi connectivity index (χ3n) is 9.70. The molecule has 4 nitrogen and oxygen atoms in total. The number of Topliss-reactive ketones (excluding diaryl/α,β-unsaturated/α-hetero) is 1. The van der Waals surface area contributed by atoms with E-state index in [4.69, 9.17) is 5.11 Å². The molecule has 4 heteroatoms. The van der Waals surface area contributed by atoms with Gasteiger partial charge in [-0.25, -0.2) is 0 Å². The van der Waals surface area contributed by atoms with E-state index in [0.717, 1.165) is 32.1 Å². The SMILES string of the molecule is CC1(CO)CCCC2(C)C1CCC1(C)C3CC(=O)C(CC(=O)O)=CC3CCC12. The summed E-state index contributed by atoms with van der Waals surface area (Å²) >= 11 is 0. The van der Waals surface area contributed by atoms with Gasteiger partial charge in [0, 0.05) is 18.6 Å².